The summed E-state index contributed by atoms with van der Waals surface area (Å²) in [5.41, 5.74) is 7.90. The first-order valence-electron chi connectivity index (χ1n) is 8.39. The van der Waals surface area contributed by atoms with Crippen molar-refractivity contribution in [2.24, 2.45) is 5.41 Å². The van der Waals surface area contributed by atoms with E-state index in [-0.39, 0.29) is 23.9 Å². The highest BCUT2D eigenvalue weighted by Gasteiger charge is 2.36. The van der Waals surface area contributed by atoms with Gasteiger partial charge < -0.3 is 15.7 Å². The molecule has 0 aliphatic carbocycles. The highest BCUT2D eigenvalue weighted by molar-refractivity contribution is 5.79. The van der Waals surface area contributed by atoms with Crippen LogP contribution in [0.25, 0.3) is 0 Å². The van der Waals surface area contributed by atoms with Gasteiger partial charge >= 0.3 is 0 Å². The van der Waals surface area contributed by atoms with Crippen molar-refractivity contribution in [2.75, 3.05) is 25.4 Å². The monoisotopic (exact) mass is 320 g/mol. The molecule has 6 heteroatoms. The van der Waals surface area contributed by atoms with Crippen molar-refractivity contribution in [3.8, 4) is 0 Å². The van der Waals surface area contributed by atoms with Gasteiger partial charge in [-0.3, -0.25) is 4.79 Å². The normalized spacial score (nSPS) is 21.5. The van der Waals surface area contributed by atoms with Crippen LogP contribution in [0, 0.1) is 19.3 Å². The predicted molar refractivity (Wildman–Crippen MR) is 89.9 cm³/mol. The molecule has 1 saturated heterocycles. The van der Waals surface area contributed by atoms with Crippen LogP contribution in [0.2, 0.25) is 0 Å². The third-order valence-corrected chi connectivity index (χ3v) is 4.90. The fraction of sp³-hybridized carbons (Fsp3) is 0.706. The number of aliphatic hydroxyl groups excluding tert-OH is 1. The molecule has 23 heavy (non-hydrogen) atoms. The summed E-state index contributed by atoms with van der Waals surface area (Å²) >= 11 is 0. The van der Waals surface area contributed by atoms with Crippen LogP contribution in [0.4, 0.5) is 5.95 Å². The maximum Gasteiger partial charge on any atom is 0.227 e. The van der Waals surface area contributed by atoms with E-state index in [1.807, 2.05) is 18.7 Å². The molecule has 1 aliphatic heterocycles. The Kier molecular flexibility index (Phi) is 5.57. The summed E-state index contributed by atoms with van der Waals surface area (Å²) in [7, 11) is 0. The van der Waals surface area contributed by atoms with Crippen molar-refractivity contribution in [1.82, 2.24) is 14.9 Å². The Hall–Kier alpha value is -1.69. The van der Waals surface area contributed by atoms with Gasteiger partial charge in [0.1, 0.15) is 0 Å². The summed E-state index contributed by atoms with van der Waals surface area (Å²) < 4.78 is 0. The fourth-order valence-electron chi connectivity index (χ4n) is 3.65. The number of rotatable bonds is 5. The maximum atomic E-state index is 12.7. The molecule has 0 unspecified atom stereocenters. The van der Waals surface area contributed by atoms with E-state index >= 15 is 0 Å². The van der Waals surface area contributed by atoms with Gasteiger partial charge in [0.15, 0.2) is 0 Å². The number of hydrogen-bond donors (Lipinski definition) is 2. The van der Waals surface area contributed by atoms with Gasteiger partial charge in [-0.05, 0) is 33.1 Å². The minimum atomic E-state index is -0.135. The second-order valence-corrected chi connectivity index (χ2v) is 6.73. The standard InChI is InChI=1S/C17H28N4O2/c1-4-6-17(11-22)7-5-8-21(10-17)15(23)9-14-12(2)19-16(18)20-13(14)3/h22H,4-11H2,1-3H3,(H2,18,19,20)/t17-/m1/s1. The molecule has 2 heterocycles. The molecular weight excluding hydrogens is 292 g/mol. The van der Waals surface area contributed by atoms with Crippen molar-refractivity contribution in [2.45, 2.75) is 52.9 Å². The molecule has 6 nitrogen and oxygen atoms in total. The number of nitrogens with zero attached hydrogens (tertiary/aromatic N) is 3. The van der Waals surface area contributed by atoms with Crippen molar-refractivity contribution in [1.29, 1.82) is 0 Å². The van der Waals surface area contributed by atoms with Gasteiger partial charge in [-0.1, -0.05) is 13.3 Å². The zero-order chi connectivity index (χ0) is 17.0. The summed E-state index contributed by atoms with van der Waals surface area (Å²) in [6, 6.07) is 0. The molecule has 1 amide bonds. The first-order chi connectivity index (χ1) is 10.9. The van der Waals surface area contributed by atoms with Gasteiger partial charge in [-0.25, -0.2) is 9.97 Å². The second-order valence-electron chi connectivity index (χ2n) is 6.73. The summed E-state index contributed by atoms with van der Waals surface area (Å²) in [5, 5.41) is 9.81. The van der Waals surface area contributed by atoms with Crippen LogP contribution in [0.15, 0.2) is 0 Å². The molecular formula is C17H28N4O2. The largest absolute Gasteiger partial charge is 0.396 e. The third-order valence-electron chi connectivity index (χ3n) is 4.90. The zero-order valence-corrected chi connectivity index (χ0v) is 14.4. The Morgan fingerprint density at radius 3 is 2.57 bits per heavy atom. The lowest BCUT2D eigenvalue weighted by molar-refractivity contribution is -0.135. The van der Waals surface area contributed by atoms with E-state index in [1.165, 1.54) is 0 Å². The quantitative estimate of drug-likeness (QED) is 0.860. The Morgan fingerprint density at radius 1 is 1.35 bits per heavy atom. The van der Waals surface area contributed by atoms with Crippen LogP contribution in [0.5, 0.6) is 0 Å². The van der Waals surface area contributed by atoms with Gasteiger partial charge in [-0.2, -0.15) is 0 Å². The highest BCUT2D eigenvalue weighted by atomic mass is 16.3. The van der Waals surface area contributed by atoms with E-state index in [1.54, 1.807) is 0 Å². The van der Waals surface area contributed by atoms with Gasteiger partial charge in [0.2, 0.25) is 11.9 Å². The first-order valence-corrected chi connectivity index (χ1v) is 8.39. The van der Waals surface area contributed by atoms with Crippen molar-refractivity contribution in [3.63, 3.8) is 0 Å². The average Bonchev–Trinajstić information content (AvgIpc) is 2.51. The Labute approximate surface area is 138 Å². The number of aryl methyl sites for hydroxylation is 2. The number of nitrogens with two attached hydrogens (primary N) is 1. The van der Waals surface area contributed by atoms with Crippen LogP contribution < -0.4 is 5.73 Å². The number of carbonyl (C=O) groups excluding carboxylic acids is 1. The van der Waals surface area contributed by atoms with Crippen LogP contribution in [-0.2, 0) is 11.2 Å². The number of hydrogen-bond acceptors (Lipinski definition) is 5. The van der Waals surface area contributed by atoms with Gasteiger partial charge in [0.05, 0.1) is 13.0 Å². The topological polar surface area (TPSA) is 92.3 Å². The van der Waals surface area contributed by atoms with Crippen LogP contribution in [0.1, 0.15) is 49.6 Å². The second kappa shape index (κ2) is 7.25. The molecule has 1 atom stereocenters. The van der Waals surface area contributed by atoms with E-state index < -0.39 is 0 Å². The van der Waals surface area contributed by atoms with Crippen molar-refractivity contribution < 1.29 is 9.90 Å². The molecule has 1 aliphatic rings. The number of nitrogen functional groups attached to an aromatic ring is 1. The van der Waals surface area contributed by atoms with E-state index in [0.29, 0.717) is 13.0 Å². The lowest BCUT2D eigenvalue weighted by atomic mass is 9.77. The molecule has 1 fully saturated rings. The molecule has 0 saturated carbocycles. The number of carbonyl (C=O) groups is 1. The van der Waals surface area contributed by atoms with Crippen LogP contribution in [-0.4, -0.2) is 45.6 Å². The van der Waals surface area contributed by atoms with E-state index in [9.17, 15) is 9.90 Å². The molecule has 1 aromatic heterocycles. The van der Waals surface area contributed by atoms with E-state index in [0.717, 1.165) is 49.2 Å². The summed E-state index contributed by atoms with van der Waals surface area (Å²) in [6.45, 7) is 7.39. The number of anilines is 1. The van der Waals surface area contributed by atoms with Gasteiger partial charge in [-0.15, -0.1) is 0 Å². The number of likely N-dealkylation sites (tertiary alicyclic amines) is 1. The van der Waals surface area contributed by atoms with Gasteiger partial charge in [0.25, 0.3) is 0 Å². The lowest BCUT2D eigenvalue weighted by Crippen LogP contribution is -2.48. The number of piperidine rings is 1. The lowest BCUT2D eigenvalue weighted by Gasteiger charge is -2.42. The van der Waals surface area contributed by atoms with Crippen LogP contribution >= 0.6 is 0 Å². The molecule has 0 aromatic carbocycles. The molecule has 3 N–H and O–H groups in total. The summed E-state index contributed by atoms with van der Waals surface area (Å²) in [5.74, 6) is 0.328. The molecule has 1 aromatic rings. The Morgan fingerprint density at radius 2 is 2.00 bits per heavy atom. The molecule has 0 spiro atoms. The molecule has 0 radical (unpaired) electrons. The zero-order valence-electron chi connectivity index (χ0n) is 14.4. The SMILES string of the molecule is CCC[C@@]1(CO)CCCN(C(=O)Cc2c(C)nc(N)nc2C)C1. The van der Waals surface area contributed by atoms with Crippen molar-refractivity contribution in [3.05, 3.63) is 17.0 Å². The molecule has 2 rings (SSSR count). The number of aromatic nitrogens is 2. The number of aliphatic hydroxyl groups is 1. The van der Waals surface area contributed by atoms with Crippen molar-refractivity contribution >= 4 is 11.9 Å². The molecule has 128 valence electrons. The Bertz CT molecular complexity index is 549. The Balaban J connectivity index is 2.12. The predicted octanol–water partition coefficient (Wildman–Crippen LogP) is 1.62. The highest BCUT2D eigenvalue weighted by Crippen LogP contribution is 2.34. The fourth-order valence-corrected chi connectivity index (χ4v) is 3.65. The first kappa shape index (κ1) is 17.7. The van der Waals surface area contributed by atoms with Gasteiger partial charge in [0, 0.05) is 35.5 Å². The summed E-state index contributed by atoms with van der Waals surface area (Å²) in [6.07, 6.45) is 4.21. The average molecular weight is 320 g/mol. The van der Waals surface area contributed by atoms with E-state index in [4.69, 9.17) is 5.73 Å². The smallest absolute Gasteiger partial charge is 0.227 e. The summed E-state index contributed by atoms with van der Waals surface area (Å²) in [4.78, 5) is 22.9. The maximum absolute atomic E-state index is 12.7. The van der Waals surface area contributed by atoms with E-state index in [2.05, 4.69) is 16.9 Å². The molecule has 0 bridgehead atoms. The number of amides is 1. The third kappa shape index (κ3) is 3.99. The minimum Gasteiger partial charge on any atom is -0.396 e. The van der Waals surface area contributed by atoms with Crippen LogP contribution in [0.3, 0.4) is 0 Å². The minimum absolute atomic E-state index is 0.0817.